The Labute approximate surface area is 136 Å². The summed E-state index contributed by atoms with van der Waals surface area (Å²) in [6, 6.07) is 14.0. The third-order valence-corrected chi connectivity index (χ3v) is 3.89. The zero-order valence-electron chi connectivity index (χ0n) is 13.2. The minimum atomic E-state index is -0.324. The van der Waals surface area contributed by atoms with Gasteiger partial charge in [-0.2, -0.15) is 0 Å². The van der Waals surface area contributed by atoms with Gasteiger partial charge < -0.3 is 15.0 Å². The van der Waals surface area contributed by atoms with Gasteiger partial charge in [0.2, 0.25) is 0 Å². The second kappa shape index (κ2) is 7.24. The van der Waals surface area contributed by atoms with Crippen molar-refractivity contribution in [3.8, 4) is 0 Å². The summed E-state index contributed by atoms with van der Waals surface area (Å²) in [5, 5.41) is 2.85. The molecule has 1 aliphatic rings. The molecule has 1 aromatic heterocycles. The van der Waals surface area contributed by atoms with Crippen LogP contribution in [-0.4, -0.2) is 30.6 Å². The van der Waals surface area contributed by atoms with Gasteiger partial charge in [0.25, 0.3) is 5.91 Å². The second-order valence-electron chi connectivity index (χ2n) is 5.74. The lowest BCUT2D eigenvalue weighted by Crippen LogP contribution is -2.27. The first kappa shape index (κ1) is 15.5. The van der Waals surface area contributed by atoms with Crippen LogP contribution >= 0.6 is 0 Å². The number of benzene rings is 1. The number of carbonyl (C=O) groups is 1. The predicted octanol–water partition coefficient (Wildman–Crippen LogP) is 2.84. The number of anilines is 2. The van der Waals surface area contributed by atoms with E-state index in [0.29, 0.717) is 12.3 Å². The molecular formula is C18H21N3O2. The molecule has 1 aliphatic heterocycles. The highest BCUT2D eigenvalue weighted by molar-refractivity contribution is 5.94. The summed E-state index contributed by atoms with van der Waals surface area (Å²) < 4.78 is 5.37. The molecule has 5 nitrogen and oxygen atoms in total. The fourth-order valence-electron chi connectivity index (χ4n) is 2.63. The normalized spacial score (nSPS) is 17.0. The summed E-state index contributed by atoms with van der Waals surface area (Å²) in [6.45, 7) is 1.45. The summed E-state index contributed by atoms with van der Waals surface area (Å²) in [6.07, 6.45) is 3.09. The van der Waals surface area contributed by atoms with E-state index in [1.165, 1.54) is 5.56 Å². The standard InChI is InChI=1S/C18H21N3O2/c1-21(13-14-6-3-2-4-7-14)17-10-9-15(12-19-17)20-18(22)16-8-5-11-23-16/h2-4,6-7,9-10,12,16H,5,8,11,13H2,1H3,(H,20,22). The van der Waals surface area contributed by atoms with Gasteiger partial charge in [-0.25, -0.2) is 4.98 Å². The number of amides is 1. The van der Waals surface area contributed by atoms with Crippen molar-refractivity contribution >= 4 is 17.4 Å². The van der Waals surface area contributed by atoms with Crippen molar-refractivity contribution in [1.29, 1.82) is 0 Å². The number of nitrogens with one attached hydrogen (secondary N) is 1. The van der Waals surface area contributed by atoms with Crippen molar-refractivity contribution in [2.45, 2.75) is 25.5 Å². The van der Waals surface area contributed by atoms with E-state index in [1.807, 2.05) is 37.4 Å². The summed E-state index contributed by atoms with van der Waals surface area (Å²) in [5.41, 5.74) is 1.93. The minimum Gasteiger partial charge on any atom is -0.368 e. The average molecular weight is 311 g/mol. The van der Waals surface area contributed by atoms with Gasteiger partial charge >= 0.3 is 0 Å². The molecule has 3 rings (SSSR count). The van der Waals surface area contributed by atoms with Gasteiger partial charge in [0, 0.05) is 20.2 Å². The molecule has 1 aromatic carbocycles. The molecule has 1 unspecified atom stereocenters. The summed E-state index contributed by atoms with van der Waals surface area (Å²) in [4.78, 5) is 18.5. The molecule has 1 fully saturated rings. The Hall–Kier alpha value is -2.40. The zero-order chi connectivity index (χ0) is 16.1. The monoisotopic (exact) mass is 311 g/mol. The average Bonchev–Trinajstić information content (AvgIpc) is 3.11. The minimum absolute atomic E-state index is 0.0882. The van der Waals surface area contributed by atoms with E-state index in [2.05, 4.69) is 27.3 Å². The first-order chi connectivity index (χ1) is 11.2. The van der Waals surface area contributed by atoms with Crippen molar-refractivity contribution in [1.82, 2.24) is 4.98 Å². The Morgan fingerprint density at radius 1 is 1.30 bits per heavy atom. The first-order valence-corrected chi connectivity index (χ1v) is 7.86. The van der Waals surface area contributed by atoms with Crippen LogP contribution in [0.1, 0.15) is 18.4 Å². The van der Waals surface area contributed by atoms with Crippen LogP contribution in [0.15, 0.2) is 48.7 Å². The fourth-order valence-corrected chi connectivity index (χ4v) is 2.63. The lowest BCUT2D eigenvalue weighted by Gasteiger charge is -2.18. The zero-order valence-corrected chi connectivity index (χ0v) is 13.2. The molecule has 0 saturated carbocycles. The molecule has 0 aliphatic carbocycles. The molecular weight excluding hydrogens is 290 g/mol. The maximum Gasteiger partial charge on any atom is 0.253 e. The fraction of sp³-hybridized carbons (Fsp3) is 0.333. The molecule has 1 amide bonds. The highest BCUT2D eigenvalue weighted by Crippen LogP contribution is 2.17. The Morgan fingerprint density at radius 2 is 2.13 bits per heavy atom. The number of pyridine rings is 1. The van der Waals surface area contributed by atoms with E-state index < -0.39 is 0 Å². The third-order valence-electron chi connectivity index (χ3n) is 3.89. The molecule has 0 spiro atoms. The van der Waals surface area contributed by atoms with E-state index >= 15 is 0 Å². The molecule has 0 radical (unpaired) electrons. The van der Waals surface area contributed by atoms with Crippen molar-refractivity contribution < 1.29 is 9.53 Å². The molecule has 1 saturated heterocycles. The molecule has 5 heteroatoms. The van der Waals surface area contributed by atoms with Gasteiger partial charge in [-0.3, -0.25) is 4.79 Å². The number of rotatable bonds is 5. The number of carbonyl (C=O) groups excluding carboxylic acids is 1. The van der Waals surface area contributed by atoms with Crippen molar-refractivity contribution in [3.63, 3.8) is 0 Å². The number of nitrogens with zero attached hydrogens (tertiary/aromatic N) is 2. The van der Waals surface area contributed by atoms with Crippen LogP contribution < -0.4 is 10.2 Å². The molecule has 0 bridgehead atoms. The van der Waals surface area contributed by atoms with E-state index in [1.54, 1.807) is 6.20 Å². The summed E-state index contributed by atoms with van der Waals surface area (Å²) in [7, 11) is 2.00. The van der Waals surface area contributed by atoms with E-state index in [0.717, 1.165) is 25.2 Å². The summed E-state index contributed by atoms with van der Waals surface area (Å²) in [5.74, 6) is 0.777. The van der Waals surface area contributed by atoms with Crippen LogP contribution in [0, 0.1) is 0 Å². The Morgan fingerprint density at radius 3 is 2.78 bits per heavy atom. The van der Waals surface area contributed by atoms with Crippen LogP contribution in [0.4, 0.5) is 11.5 Å². The van der Waals surface area contributed by atoms with Gasteiger partial charge in [0.05, 0.1) is 11.9 Å². The van der Waals surface area contributed by atoms with E-state index in [-0.39, 0.29) is 12.0 Å². The van der Waals surface area contributed by atoms with Crippen LogP contribution in [0.5, 0.6) is 0 Å². The SMILES string of the molecule is CN(Cc1ccccc1)c1ccc(NC(=O)C2CCCO2)cn1. The van der Waals surface area contributed by atoms with E-state index in [9.17, 15) is 4.79 Å². The number of hydrogen-bond donors (Lipinski definition) is 1. The Bertz CT molecular complexity index is 637. The maximum atomic E-state index is 12.0. The predicted molar refractivity (Wildman–Crippen MR) is 90.4 cm³/mol. The van der Waals surface area contributed by atoms with Crippen LogP contribution in [0.25, 0.3) is 0 Å². The Kier molecular flexibility index (Phi) is 4.88. The van der Waals surface area contributed by atoms with Crippen molar-refractivity contribution in [2.24, 2.45) is 0 Å². The highest BCUT2D eigenvalue weighted by Gasteiger charge is 2.23. The van der Waals surface area contributed by atoms with E-state index in [4.69, 9.17) is 4.74 Å². The molecule has 120 valence electrons. The third kappa shape index (κ3) is 4.07. The lowest BCUT2D eigenvalue weighted by atomic mass is 10.2. The molecule has 1 atom stereocenters. The van der Waals surface area contributed by atoms with Gasteiger partial charge in [-0.1, -0.05) is 30.3 Å². The largest absolute Gasteiger partial charge is 0.368 e. The smallest absolute Gasteiger partial charge is 0.253 e. The maximum absolute atomic E-state index is 12.0. The van der Waals surface area contributed by atoms with Gasteiger partial charge in [0.1, 0.15) is 11.9 Å². The van der Waals surface area contributed by atoms with Crippen molar-refractivity contribution in [2.75, 3.05) is 23.9 Å². The second-order valence-corrected chi connectivity index (χ2v) is 5.74. The number of ether oxygens (including phenoxy) is 1. The molecule has 1 N–H and O–H groups in total. The lowest BCUT2D eigenvalue weighted by molar-refractivity contribution is -0.124. The van der Waals surface area contributed by atoms with Crippen LogP contribution in [0.3, 0.4) is 0 Å². The quantitative estimate of drug-likeness (QED) is 0.922. The Balaban J connectivity index is 1.59. The van der Waals surface area contributed by atoms with Crippen molar-refractivity contribution in [3.05, 3.63) is 54.2 Å². The molecule has 2 heterocycles. The summed E-state index contributed by atoms with van der Waals surface area (Å²) >= 11 is 0. The van der Waals surface area contributed by atoms with Gasteiger partial charge in [-0.05, 0) is 30.5 Å². The number of aromatic nitrogens is 1. The topological polar surface area (TPSA) is 54.5 Å². The van der Waals surface area contributed by atoms with Crippen LogP contribution in [-0.2, 0) is 16.1 Å². The van der Waals surface area contributed by atoms with Crippen LogP contribution in [0.2, 0.25) is 0 Å². The molecule has 23 heavy (non-hydrogen) atoms. The van der Waals surface area contributed by atoms with Gasteiger partial charge in [-0.15, -0.1) is 0 Å². The van der Waals surface area contributed by atoms with Gasteiger partial charge in [0.15, 0.2) is 0 Å². The first-order valence-electron chi connectivity index (χ1n) is 7.86. The number of hydrogen-bond acceptors (Lipinski definition) is 4. The highest BCUT2D eigenvalue weighted by atomic mass is 16.5. The molecule has 2 aromatic rings.